The van der Waals surface area contributed by atoms with Gasteiger partial charge in [0.2, 0.25) is 5.91 Å². The van der Waals surface area contributed by atoms with Crippen molar-refractivity contribution in [2.75, 3.05) is 11.9 Å². The Hall–Kier alpha value is -2.21. The summed E-state index contributed by atoms with van der Waals surface area (Å²) >= 11 is 1.21. The molecular formula is C9H10N4O4S. The van der Waals surface area contributed by atoms with Crippen LogP contribution in [0.2, 0.25) is 0 Å². The van der Waals surface area contributed by atoms with Gasteiger partial charge in [-0.05, 0) is 6.92 Å². The van der Waals surface area contributed by atoms with Crippen LogP contribution in [0.1, 0.15) is 17.0 Å². The minimum Gasteiger partial charge on any atom is -0.314 e. The van der Waals surface area contributed by atoms with E-state index in [0.717, 1.165) is 4.88 Å². The third-order valence-electron chi connectivity index (χ3n) is 1.90. The van der Waals surface area contributed by atoms with E-state index in [1.807, 2.05) is 0 Å². The number of aryl methyl sites for hydroxylation is 1. The zero-order valence-electron chi connectivity index (χ0n) is 9.50. The van der Waals surface area contributed by atoms with Crippen molar-refractivity contribution in [1.82, 2.24) is 4.98 Å². The van der Waals surface area contributed by atoms with Crippen molar-refractivity contribution in [1.29, 1.82) is 5.26 Å². The van der Waals surface area contributed by atoms with Crippen molar-refractivity contribution in [3.05, 3.63) is 20.7 Å². The maximum atomic E-state index is 11.2. The average molecular weight is 270 g/mol. The molecule has 0 radical (unpaired) electrons. The van der Waals surface area contributed by atoms with E-state index in [-0.39, 0.29) is 13.0 Å². The van der Waals surface area contributed by atoms with Crippen LogP contribution in [0.3, 0.4) is 0 Å². The Balaban J connectivity index is 2.56. The highest BCUT2D eigenvalue weighted by molar-refractivity contribution is 7.15. The minimum atomic E-state index is -0.855. The maximum absolute atomic E-state index is 11.2. The first-order chi connectivity index (χ1) is 8.52. The van der Waals surface area contributed by atoms with Gasteiger partial charge in [-0.3, -0.25) is 4.79 Å². The van der Waals surface area contributed by atoms with Crippen molar-refractivity contribution in [3.63, 3.8) is 0 Å². The van der Waals surface area contributed by atoms with E-state index < -0.39 is 11.0 Å². The lowest BCUT2D eigenvalue weighted by Crippen LogP contribution is -2.09. The quantitative estimate of drug-likeness (QED) is 0.609. The van der Waals surface area contributed by atoms with Gasteiger partial charge >= 0.3 is 0 Å². The number of carbonyl (C=O) groups is 1. The zero-order valence-corrected chi connectivity index (χ0v) is 10.3. The third kappa shape index (κ3) is 4.34. The van der Waals surface area contributed by atoms with Gasteiger partial charge in [-0.1, -0.05) is 0 Å². The predicted molar refractivity (Wildman–Crippen MR) is 62.4 cm³/mol. The molecule has 8 nitrogen and oxygen atoms in total. The summed E-state index contributed by atoms with van der Waals surface area (Å²) in [6, 6.07) is 1.73. The minimum absolute atomic E-state index is 0.0540. The Morgan fingerprint density at radius 2 is 2.44 bits per heavy atom. The van der Waals surface area contributed by atoms with Crippen LogP contribution in [0.5, 0.6) is 0 Å². The molecule has 0 atom stereocenters. The van der Waals surface area contributed by atoms with E-state index in [4.69, 9.17) is 5.26 Å². The summed E-state index contributed by atoms with van der Waals surface area (Å²) in [4.78, 5) is 30.2. The van der Waals surface area contributed by atoms with Gasteiger partial charge in [0.25, 0.3) is 5.09 Å². The number of nitrogens with zero attached hydrogens (tertiary/aromatic N) is 3. The van der Waals surface area contributed by atoms with Crippen LogP contribution in [0.4, 0.5) is 5.13 Å². The van der Waals surface area contributed by atoms with Crippen LogP contribution < -0.4 is 5.32 Å². The number of rotatable bonds is 6. The van der Waals surface area contributed by atoms with Gasteiger partial charge in [-0.2, -0.15) is 5.26 Å². The van der Waals surface area contributed by atoms with Crippen molar-refractivity contribution < 1.29 is 14.7 Å². The molecule has 1 rings (SSSR count). The van der Waals surface area contributed by atoms with Crippen LogP contribution in [-0.2, 0) is 16.1 Å². The van der Waals surface area contributed by atoms with Gasteiger partial charge in [0.15, 0.2) is 5.13 Å². The number of hydrogen-bond donors (Lipinski definition) is 1. The van der Waals surface area contributed by atoms with Crippen LogP contribution in [0, 0.1) is 28.4 Å². The first kappa shape index (κ1) is 13.9. The number of aromatic nitrogens is 1. The zero-order chi connectivity index (χ0) is 13.5. The molecule has 1 aromatic rings. The average Bonchev–Trinajstić information content (AvgIpc) is 2.59. The van der Waals surface area contributed by atoms with Gasteiger partial charge in [0.05, 0.1) is 11.8 Å². The highest BCUT2D eigenvalue weighted by atomic mass is 32.1. The number of thiazole rings is 1. The number of amides is 1. The Morgan fingerprint density at radius 1 is 1.72 bits per heavy atom. The summed E-state index contributed by atoms with van der Waals surface area (Å²) in [7, 11) is 0. The molecular weight excluding hydrogens is 260 g/mol. The SMILES string of the molecule is Cc1nc(NC(=O)CC#N)sc1CCO[N+](=O)[O-]. The van der Waals surface area contributed by atoms with Crippen LogP contribution in [-0.4, -0.2) is 22.6 Å². The standard InChI is InChI=1S/C9H10N4O4S/c1-6-7(3-5-17-13(15)16)18-9(11-6)12-8(14)2-4-10/h2-3,5H2,1H3,(H,11,12,14). The third-order valence-corrected chi connectivity index (χ3v) is 3.04. The number of nitriles is 1. The summed E-state index contributed by atoms with van der Waals surface area (Å²) < 4.78 is 0. The molecule has 1 aromatic heterocycles. The first-order valence-electron chi connectivity index (χ1n) is 4.93. The number of anilines is 1. The molecule has 0 aliphatic carbocycles. The van der Waals surface area contributed by atoms with Crippen molar-refractivity contribution in [2.45, 2.75) is 19.8 Å². The fourth-order valence-corrected chi connectivity index (χ4v) is 2.12. The largest absolute Gasteiger partial charge is 0.314 e. The molecule has 0 aliphatic heterocycles. The van der Waals surface area contributed by atoms with Crippen LogP contribution >= 0.6 is 11.3 Å². The Labute approximate surface area is 106 Å². The lowest BCUT2D eigenvalue weighted by Gasteiger charge is -1.96. The molecule has 9 heteroatoms. The lowest BCUT2D eigenvalue weighted by molar-refractivity contribution is -0.757. The van der Waals surface area contributed by atoms with E-state index in [1.54, 1.807) is 13.0 Å². The fraction of sp³-hybridized carbons (Fsp3) is 0.444. The fourth-order valence-electron chi connectivity index (χ4n) is 1.16. The van der Waals surface area contributed by atoms with Gasteiger partial charge in [0, 0.05) is 11.3 Å². The molecule has 1 N–H and O–H groups in total. The molecule has 96 valence electrons. The molecule has 0 unspecified atom stereocenters. The predicted octanol–water partition coefficient (Wildman–Crippen LogP) is 1.05. The molecule has 0 aromatic carbocycles. The van der Waals surface area contributed by atoms with E-state index in [9.17, 15) is 14.9 Å². The molecule has 0 bridgehead atoms. The van der Waals surface area contributed by atoms with Crippen molar-refractivity contribution >= 4 is 22.4 Å². The molecule has 0 spiro atoms. The van der Waals surface area contributed by atoms with Gasteiger partial charge in [-0.15, -0.1) is 21.5 Å². The molecule has 1 amide bonds. The summed E-state index contributed by atoms with van der Waals surface area (Å²) in [5.74, 6) is -0.431. The van der Waals surface area contributed by atoms with Gasteiger partial charge in [0.1, 0.15) is 13.0 Å². The smallest absolute Gasteiger partial charge is 0.294 e. The highest BCUT2D eigenvalue weighted by Gasteiger charge is 2.10. The van der Waals surface area contributed by atoms with Gasteiger partial charge in [-0.25, -0.2) is 4.98 Å². The molecule has 1 heterocycles. The van der Waals surface area contributed by atoms with E-state index in [0.29, 0.717) is 17.2 Å². The summed E-state index contributed by atoms with van der Waals surface area (Å²) in [6.45, 7) is 1.68. The van der Waals surface area contributed by atoms with Crippen LogP contribution in [0.15, 0.2) is 0 Å². The second-order valence-electron chi connectivity index (χ2n) is 3.22. The number of hydrogen-bond acceptors (Lipinski definition) is 7. The maximum Gasteiger partial charge on any atom is 0.294 e. The topological polar surface area (TPSA) is 118 Å². The molecule has 18 heavy (non-hydrogen) atoms. The number of nitrogens with one attached hydrogen (secondary N) is 1. The first-order valence-corrected chi connectivity index (χ1v) is 5.75. The lowest BCUT2D eigenvalue weighted by atomic mass is 10.3. The molecule has 0 saturated heterocycles. The van der Waals surface area contributed by atoms with Gasteiger partial charge < -0.3 is 10.2 Å². The summed E-state index contributed by atoms with van der Waals surface area (Å²) in [5, 5.41) is 20.3. The van der Waals surface area contributed by atoms with Crippen molar-refractivity contribution in [2.24, 2.45) is 0 Å². The number of carbonyl (C=O) groups excluding carboxylic acids is 1. The van der Waals surface area contributed by atoms with Crippen LogP contribution in [0.25, 0.3) is 0 Å². The monoisotopic (exact) mass is 270 g/mol. The van der Waals surface area contributed by atoms with E-state index in [2.05, 4.69) is 15.1 Å². The Bertz CT molecular complexity index is 493. The normalized spacial score (nSPS) is 9.56. The molecule has 0 fully saturated rings. The highest BCUT2D eigenvalue weighted by Crippen LogP contribution is 2.23. The molecule has 0 aliphatic rings. The summed E-state index contributed by atoms with van der Waals surface area (Å²) in [5.41, 5.74) is 0.680. The summed E-state index contributed by atoms with van der Waals surface area (Å²) in [6.07, 6.45) is 0.108. The second-order valence-corrected chi connectivity index (χ2v) is 4.30. The van der Waals surface area contributed by atoms with E-state index in [1.165, 1.54) is 11.3 Å². The Morgan fingerprint density at radius 3 is 3.06 bits per heavy atom. The Kier molecular flexibility index (Phi) is 5.01. The van der Waals surface area contributed by atoms with E-state index >= 15 is 0 Å². The van der Waals surface area contributed by atoms with Crippen molar-refractivity contribution in [3.8, 4) is 6.07 Å². The molecule has 0 saturated carbocycles. The second kappa shape index (κ2) is 6.51.